The highest BCUT2D eigenvalue weighted by Crippen LogP contribution is 1.99. The van der Waals surface area contributed by atoms with Gasteiger partial charge in [-0.05, 0) is 22.6 Å². The van der Waals surface area contributed by atoms with Crippen LogP contribution in [0, 0.1) is 0 Å². The summed E-state index contributed by atoms with van der Waals surface area (Å²) in [5.41, 5.74) is 0. The second-order valence-electron chi connectivity index (χ2n) is 2.50. The molecule has 0 unspecified atom stereocenters. The lowest BCUT2D eigenvalue weighted by Crippen LogP contribution is -3.00. The van der Waals surface area contributed by atoms with Crippen LogP contribution in [0.5, 0.6) is 0 Å². The highest BCUT2D eigenvalue weighted by Gasteiger charge is 2.09. The molecule has 0 aliphatic rings. The number of quaternary nitrogens is 1. The van der Waals surface area contributed by atoms with Crippen molar-refractivity contribution in [1.29, 1.82) is 0 Å². The molecule has 0 saturated carbocycles. The van der Waals surface area contributed by atoms with Crippen molar-refractivity contribution in [2.45, 2.75) is 0 Å². The van der Waals surface area contributed by atoms with E-state index in [0.29, 0.717) is 0 Å². The minimum absolute atomic E-state index is 0. The van der Waals surface area contributed by atoms with Crippen molar-refractivity contribution in [2.75, 3.05) is 31.8 Å². The fourth-order valence-electron chi connectivity index (χ4n) is 0.330. The predicted molar refractivity (Wildman–Crippen MR) is 42.9 cm³/mol. The lowest BCUT2D eigenvalue weighted by molar-refractivity contribution is -0.874. The van der Waals surface area contributed by atoms with Gasteiger partial charge < -0.3 is 33.6 Å². The van der Waals surface area contributed by atoms with Crippen molar-refractivity contribution < 1.29 is 33.6 Å². The zero-order chi connectivity index (χ0) is 6.62. The molecule has 0 fully saturated rings. The van der Waals surface area contributed by atoms with Gasteiger partial charge in [-0.1, -0.05) is 0 Å². The fourth-order valence-corrected chi connectivity index (χ4v) is 0.672. The lowest BCUT2D eigenvalue weighted by atomic mass is 10.5. The van der Waals surface area contributed by atoms with E-state index in [2.05, 4.69) is 36.7 Å². The number of nitrogens with zero attached hydrogens (tertiary/aromatic N) is 1. The maximum atomic E-state index is 8.51. The molecular weight excluding hydrogens is 344 g/mol. The van der Waals surface area contributed by atoms with Gasteiger partial charge in [-0.3, -0.25) is 0 Å². The summed E-state index contributed by atoms with van der Waals surface area (Å²) in [4.78, 5) is 0. The number of halogens is 2. The van der Waals surface area contributed by atoms with E-state index in [9.17, 15) is 0 Å². The van der Waals surface area contributed by atoms with Crippen LogP contribution in [-0.4, -0.2) is 41.4 Å². The number of hydrogen-bond acceptors (Lipinski definition) is 1. The summed E-state index contributed by atoms with van der Waals surface area (Å²) in [7, 11) is 4.20. The molecule has 0 rings (SSSR count). The third-order valence-corrected chi connectivity index (χ3v) is 2.88. The van der Waals surface area contributed by atoms with E-state index in [1.165, 1.54) is 0 Å². The number of alkyl halides is 1. The van der Waals surface area contributed by atoms with Crippen molar-refractivity contribution in [3.8, 4) is 0 Å². The molecule has 4 heteroatoms. The number of likely N-dealkylation sites (N-methyl/N-ethyl adjacent to an activating group) is 1. The van der Waals surface area contributed by atoms with Crippen LogP contribution in [0.1, 0.15) is 0 Å². The van der Waals surface area contributed by atoms with E-state index in [4.69, 9.17) is 5.11 Å². The zero-order valence-electron chi connectivity index (χ0n) is 5.77. The summed E-state index contributed by atoms with van der Waals surface area (Å²) in [6.45, 7) is 1.14. The first kappa shape index (κ1) is 13.0. The van der Waals surface area contributed by atoms with Crippen molar-refractivity contribution in [3.05, 3.63) is 0 Å². The maximum absolute atomic E-state index is 8.51. The van der Waals surface area contributed by atoms with Gasteiger partial charge in [0.05, 0.1) is 20.7 Å². The number of aliphatic hydroxyl groups excluding tert-OH is 1. The van der Waals surface area contributed by atoms with Gasteiger partial charge in [0.2, 0.25) is 0 Å². The monoisotopic (exact) mass is 357 g/mol. The van der Waals surface area contributed by atoms with E-state index >= 15 is 0 Å². The van der Waals surface area contributed by atoms with Crippen LogP contribution in [0.2, 0.25) is 0 Å². The summed E-state index contributed by atoms with van der Waals surface area (Å²) >= 11 is 2.31. The molecule has 0 aliphatic carbocycles. The molecule has 0 saturated heterocycles. The van der Waals surface area contributed by atoms with Crippen LogP contribution in [0.4, 0.5) is 0 Å². The Morgan fingerprint density at radius 1 is 1.44 bits per heavy atom. The highest BCUT2D eigenvalue weighted by molar-refractivity contribution is 14.1. The number of hydrogen-bond donors (Lipinski definition) is 1. The SMILES string of the molecule is C[N+](C)(CI)CCO.[I-]. The van der Waals surface area contributed by atoms with Crippen LogP contribution >= 0.6 is 22.6 Å². The van der Waals surface area contributed by atoms with Crippen molar-refractivity contribution in [2.24, 2.45) is 0 Å². The van der Waals surface area contributed by atoms with E-state index in [0.717, 1.165) is 15.6 Å². The molecule has 0 aliphatic heterocycles. The molecule has 0 amide bonds. The first-order valence-corrected chi connectivity index (χ1v) is 4.14. The smallest absolute Gasteiger partial charge is 0.129 e. The van der Waals surface area contributed by atoms with E-state index < -0.39 is 0 Å². The molecule has 0 aromatic rings. The highest BCUT2D eigenvalue weighted by atomic mass is 127. The first-order chi connectivity index (χ1) is 3.62. The van der Waals surface area contributed by atoms with Gasteiger partial charge in [-0.15, -0.1) is 0 Å². The summed E-state index contributed by atoms with van der Waals surface area (Å²) in [6, 6.07) is 0. The summed E-state index contributed by atoms with van der Waals surface area (Å²) in [5.74, 6) is 0. The average Bonchev–Trinajstić information content (AvgIpc) is 1.67. The predicted octanol–water partition coefficient (Wildman–Crippen LogP) is -2.55. The van der Waals surface area contributed by atoms with Gasteiger partial charge in [0.15, 0.2) is 0 Å². The Kier molecular flexibility index (Phi) is 8.83. The minimum Gasteiger partial charge on any atom is -1.00 e. The van der Waals surface area contributed by atoms with Gasteiger partial charge in [0, 0.05) is 0 Å². The topological polar surface area (TPSA) is 20.2 Å². The number of aliphatic hydroxyl groups is 1. The Hall–Kier alpha value is 1.38. The van der Waals surface area contributed by atoms with Crippen LogP contribution in [-0.2, 0) is 0 Å². The average molecular weight is 357 g/mol. The van der Waals surface area contributed by atoms with Crippen molar-refractivity contribution >= 4 is 22.6 Å². The van der Waals surface area contributed by atoms with Gasteiger partial charge in [-0.2, -0.15) is 0 Å². The molecule has 0 aromatic carbocycles. The quantitative estimate of drug-likeness (QED) is 0.255. The number of rotatable bonds is 3. The summed E-state index contributed by atoms with van der Waals surface area (Å²) in [6.07, 6.45) is 0. The first-order valence-electron chi connectivity index (χ1n) is 2.61. The second kappa shape index (κ2) is 6.11. The van der Waals surface area contributed by atoms with E-state index in [1.807, 2.05) is 0 Å². The van der Waals surface area contributed by atoms with Crippen LogP contribution < -0.4 is 24.0 Å². The van der Waals surface area contributed by atoms with Crippen LogP contribution in [0.15, 0.2) is 0 Å². The largest absolute Gasteiger partial charge is 1.00 e. The van der Waals surface area contributed by atoms with E-state index in [-0.39, 0.29) is 30.6 Å². The zero-order valence-corrected chi connectivity index (χ0v) is 10.1. The molecular formula is C5H13I2NO. The lowest BCUT2D eigenvalue weighted by Gasteiger charge is -2.25. The van der Waals surface area contributed by atoms with E-state index in [1.54, 1.807) is 0 Å². The third-order valence-electron chi connectivity index (χ3n) is 1.03. The van der Waals surface area contributed by atoms with Gasteiger partial charge >= 0.3 is 0 Å². The van der Waals surface area contributed by atoms with Crippen LogP contribution in [0.25, 0.3) is 0 Å². The molecule has 0 atom stereocenters. The molecule has 9 heavy (non-hydrogen) atoms. The Morgan fingerprint density at radius 3 is 2.00 bits per heavy atom. The molecule has 0 aromatic heterocycles. The molecule has 1 N–H and O–H groups in total. The standard InChI is InChI=1S/C5H13INO.HI/c1-7(2,5-6)3-4-8;/h8H,3-5H2,1-2H3;1H/q+1;/p-1. The second-order valence-corrected chi connectivity index (χ2v) is 3.18. The molecule has 58 valence electrons. The summed E-state index contributed by atoms with van der Waals surface area (Å²) < 4.78 is 1.95. The van der Waals surface area contributed by atoms with Crippen molar-refractivity contribution in [3.63, 3.8) is 0 Å². The normalized spacial score (nSPS) is 10.7. The molecule has 2 nitrogen and oxygen atoms in total. The molecule has 0 radical (unpaired) electrons. The maximum Gasteiger partial charge on any atom is 0.129 e. The van der Waals surface area contributed by atoms with Gasteiger partial charge in [0.1, 0.15) is 11.1 Å². The molecule has 0 spiro atoms. The Labute approximate surface area is 87.4 Å². The Morgan fingerprint density at radius 2 is 1.89 bits per heavy atom. The van der Waals surface area contributed by atoms with Gasteiger partial charge in [0.25, 0.3) is 0 Å². The minimum atomic E-state index is 0. The van der Waals surface area contributed by atoms with Gasteiger partial charge in [-0.25, -0.2) is 0 Å². The summed E-state index contributed by atoms with van der Waals surface area (Å²) in [5, 5.41) is 8.51. The fraction of sp³-hybridized carbons (Fsp3) is 1.00. The van der Waals surface area contributed by atoms with Crippen LogP contribution in [0.3, 0.4) is 0 Å². The Bertz CT molecular complexity index is 68.0. The molecule has 0 heterocycles. The third kappa shape index (κ3) is 7.27. The molecule has 0 bridgehead atoms. The van der Waals surface area contributed by atoms with Crippen molar-refractivity contribution in [1.82, 2.24) is 0 Å². The Balaban J connectivity index is 0.